The van der Waals surface area contributed by atoms with Gasteiger partial charge in [0.15, 0.2) is 0 Å². The molecule has 0 atom stereocenters. The lowest BCUT2D eigenvalue weighted by Crippen LogP contribution is -2.09. The topological polar surface area (TPSA) is 88.9 Å². The number of halogens is 1. The molecule has 0 amide bonds. The SMILES string of the molecule is O=c1[nH]c(-c2cc(I)cc([N+](=O)[O-])c2)nc2ccccc12. The maximum Gasteiger partial charge on any atom is 0.271 e. The third kappa shape index (κ3) is 2.64. The summed E-state index contributed by atoms with van der Waals surface area (Å²) in [4.78, 5) is 29.5. The number of H-pyrrole nitrogens is 1. The standard InChI is InChI=1S/C14H8IN3O3/c15-9-5-8(6-10(7-9)18(20)21)13-16-12-4-2-1-3-11(12)14(19)17-13/h1-7H,(H,16,17,19). The molecule has 0 aliphatic rings. The van der Waals surface area contributed by atoms with Crippen LogP contribution in [0.25, 0.3) is 22.3 Å². The molecule has 0 saturated carbocycles. The predicted molar refractivity (Wildman–Crippen MR) is 87.2 cm³/mol. The fraction of sp³-hybridized carbons (Fsp3) is 0. The highest BCUT2D eigenvalue weighted by atomic mass is 127. The number of benzene rings is 2. The van der Waals surface area contributed by atoms with Gasteiger partial charge in [0.2, 0.25) is 0 Å². The molecule has 0 fully saturated rings. The first-order chi connectivity index (χ1) is 10.0. The van der Waals surface area contributed by atoms with E-state index in [1.54, 1.807) is 30.3 Å². The van der Waals surface area contributed by atoms with Crippen LogP contribution in [0, 0.1) is 13.7 Å². The molecule has 0 bridgehead atoms. The lowest BCUT2D eigenvalue weighted by atomic mass is 10.1. The van der Waals surface area contributed by atoms with Crippen LogP contribution in [0.15, 0.2) is 47.3 Å². The molecule has 3 aromatic rings. The minimum atomic E-state index is -0.467. The molecule has 104 valence electrons. The van der Waals surface area contributed by atoms with Gasteiger partial charge in [-0.3, -0.25) is 14.9 Å². The van der Waals surface area contributed by atoms with Crippen molar-refractivity contribution in [3.05, 3.63) is 66.5 Å². The molecule has 2 aromatic carbocycles. The molecule has 0 radical (unpaired) electrons. The summed E-state index contributed by atoms with van der Waals surface area (Å²) in [5.41, 5.74) is 0.763. The van der Waals surface area contributed by atoms with Crippen molar-refractivity contribution >= 4 is 39.2 Å². The quantitative estimate of drug-likeness (QED) is 0.412. The zero-order chi connectivity index (χ0) is 15.0. The average Bonchev–Trinajstić information content (AvgIpc) is 2.46. The van der Waals surface area contributed by atoms with Crippen molar-refractivity contribution < 1.29 is 4.92 Å². The molecule has 0 aliphatic heterocycles. The second kappa shape index (κ2) is 5.24. The molecular formula is C14H8IN3O3. The van der Waals surface area contributed by atoms with E-state index in [0.29, 0.717) is 25.9 Å². The molecule has 0 aliphatic carbocycles. The van der Waals surface area contributed by atoms with Gasteiger partial charge in [-0.1, -0.05) is 12.1 Å². The van der Waals surface area contributed by atoms with Gasteiger partial charge in [-0.05, 0) is 40.8 Å². The Kier molecular flexibility index (Phi) is 3.42. The van der Waals surface area contributed by atoms with Crippen LogP contribution in [0.2, 0.25) is 0 Å². The van der Waals surface area contributed by atoms with E-state index in [4.69, 9.17) is 0 Å². The maximum atomic E-state index is 12.0. The first-order valence-corrected chi connectivity index (χ1v) is 7.07. The summed E-state index contributed by atoms with van der Waals surface area (Å²) in [6.45, 7) is 0. The number of non-ortho nitro benzene ring substituents is 1. The van der Waals surface area contributed by atoms with Gasteiger partial charge >= 0.3 is 0 Å². The van der Waals surface area contributed by atoms with Crippen LogP contribution in [0.3, 0.4) is 0 Å². The maximum absolute atomic E-state index is 12.0. The average molecular weight is 393 g/mol. The second-order valence-electron chi connectivity index (χ2n) is 4.39. The van der Waals surface area contributed by atoms with Gasteiger partial charge in [-0.15, -0.1) is 0 Å². The highest BCUT2D eigenvalue weighted by molar-refractivity contribution is 14.1. The number of rotatable bonds is 2. The monoisotopic (exact) mass is 393 g/mol. The summed E-state index contributed by atoms with van der Waals surface area (Å²) >= 11 is 1.99. The third-order valence-corrected chi connectivity index (χ3v) is 3.60. The number of para-hydroxylation sites is 1. The molecule has 0 unspecified atom stereocenters. The molecule has 0 spiro atoms. The minimum Gasteiger partial charge on any atom is -0.306 e. The van der Waals surface area contributed by atoms with Gasteiger partial charge in [-0.25, -0.2) is 4.98 Å². The Bertz CT molecular complexity index is 921. The van der Waals surface area contributed by atoms with E-state index >= 15 is 0 Å². The Morgan fingerprint density at radius 1 is 1.19 bits per heavy atom. The van der Waals surface area contributed by atoms with Crippen LogP contribution in [-0.4, -0.2) is 14.9 Å². The van der Waals surface area contributed by atoms with Gasteiger partial charge in [0.05, 0.1) is 15.8 Å². The fourth-order valence-electron chi connectivity index (χ4n) is 2.04. The summed E-state index contributed by atoms with van der Waals surface area (Å²) in [6.07, 6.45) is 0. The van der Waals surface area contributed by atoms with Crippen LogP contribution in [0.1, 0.15) is 0 Å². The highest BCUT2D eigenvalue weighted by Gasteiger charge is 2.12. The summed E-state index contributed by atoms with van der Waals surface area (Å²) in [5, 5.41) is 11.4. The van der Waals surface area contributed by atoms with Crippen molar-refractivity contribution in [3.8, 4) is 11.4 Å². The second-order valence-corrected chi connectivity index (χ2v) is 5.63. The van der Waals surface area contributed by atoms with Crippen molar-refractivity contribution in [2.24, 2.45) is 0 Å². The number of nitrogens with zero attached hydrogens (tertiary/aromatic N) is 2. The first kappa shape index (κ1) is 13.7. The van der Waals surface area contributed by atoms with Gasteiger partial charge in [-0.2, -0.15) is 0 Å². The number of hydrogen-bond acceptors (Lipinski definition) is 4. The van der Waals surface area contributed by atoms with Crippen LogP contribution in [0.4, 0.5) is 5.69 Å². The van der Waals surface area contributed by atoms with Crippen LogP contribution in [0.5, 0.6) is 0 Å². The minimum absolute atomic E-state index is 0.0345. The molecule has 1 N–H and O–H groups in total. The fourth-order valence-corrected chi connectivity index (χ4v) is 2.69. The number of nitro groups is 1. The Morgan fingerprint density at radius 2 is 1.95 bits per heavy atom. The number of fused-ring (bicyclic) bond motifs is 1. The van der Waals surface area contributed by atoms with Crippen molar-refractivity contribution in [1.29, 1.82) is 0 Å². The summed E-state index contributed by atoms with van der Waals surface area (Å²) in [5.74, 6) is 0.320. The molecule has 6 nitrogen and oxygen atoms in total. The molecule has 7 heteroatoms. The van der Waals surface area contributed by atoms with Gasteiger partial charge < -0.3 is 4.98 Å². The molecular weight excluding hydrogens is 385 g/mol. The van der Waals surface area contributed by atoms with Gasteiger partial charge in [0, 0.05) is 21.3 Å². The number of nitro benzene ring substituents is 1. The van der Waals surface area contributed by atoms with E-state index in [1.165, 1.54) is 12.1 Å². The van der Waals surface area contributed by atoms with E-state index in [2.05, 4.69) is 9.97 Å². The molecule has 3 rings (SSSR count). The number of aromatic nitrogens is 2. The molecule has 21 heavy (non-hydrogen) atoms. The lowest BCUT2D eigenvalue weighted by Gasteiger charge is -2.04. The van der Waals surface area contributed by atoms with Crippen LogP contribution in [-0.2, 0) is 0 Å². The zero-order valence-electron chi connectivity index (χ0n) is 10.5. The number of aromatic amines is 1. The van der Waals surface area contributed by atoms with Gasteiger partial charge in [0.25, 0.3) is 11.2 Å². The Labute approximate surface area is 132 Å². The molecule has 1 aromatic heterocycles. The normalized spacial score (nSPS) is 10.7. The lowest BCUT2D eigenvalue weighted by molar-refractivity contribution is -0.384. The largest absolute Gasteiger partial charge is 0.306 e. The number of nitrogens with one attached hydrogen (secondary N) is 1. The Hall–Kier alpha value is -2.29. The third-order valence-electron chi connectivity index (χ3n) is 2.98. The van der Waals surface area contributed by atoms with Crippen LogP contribution < -0.4 is 5.56 Å². The number of hydrogen-bond donors (Lipinski definition) is 1. The van der Waals surface area contributed by atoms with Crippen LogP contribution >= 0.6 is 22.6 Å². The smallest absolute Gasteiger partial charge is 0.271 e. The highest BCUT2D eigenvalue weighted by Crippen LogP contribution is 2.24. The van der Waals surface area contributed by atoms with Crippen molar-refractivity contribution in [3.63, 3.8) is 0 Å². The zero-order valence-corrected chi connectivity index (χ0v) is 12.7. The summed E-state index contributed by atoms with van der Waals surface area (Å²) in [6, 6.07) is 11.6. The van der Waals surface area contributed by atoms with E-state index in [0.717, 1.165) is 0 Å². The van der Waals surface area contributed by atoms with E-state index in [1.807, 2.05) is 22.6 Å². The molecule has 1 heterocycles. The molecule has 0 saturated heterocycles. The summed E-state index contributed by atoms with van der Waals surface area (Å²) < 4.78 is 0.701. The van der Waals surface area contributed by atoms with E-state index in [9.17, 15) is 14.9 Å². The van der Waals surface area contributed by atoms with E-state index < -0.39 is 4.92 Å². The van der Waals surface area contributed by atoms with E-state index in [-0.39, 0.29) is 11.2 Å². The Morgan fingerprint density at radius 3 is 2.71 bits per heavy atom. The van der Waals surface area contributed by atoms with Crippen molar-refractivity contribution in [2.75, 3.05) is 0 Å². The summed E-state index contributed by atoms with van der Waals surface area (Å²) in [7, 11) is 0. The predicted octanol–water partition coefficient (Wildman–Crippen LogP) is 3.10. The van der Waals surface area contributed by atoms with Crippen molar-refractivity contribution in [1.82, 2.24) is 9.97 Å². The Balaban J connectivity index is 2.25. The first-order valence-electron chi connectivity index (χ1n) is 5.99. The van der Waals surface area contributed by atoms with Crippen molar-refractivity contribution in [2.45, 2.75) is 0 Å². The van der Waals surface area contributed by atoms with Gasteiger partial charge in [0.1, 0.15) is 5.82 Å².